The summed E-state index contributed by atoms with van der Waals surface area (Å²) < 4.78 is 2.10. The zero-order valence-electron chi connectivity index (χ0n) is 14.3. The number of aliphatic hydroxyl groups excluding tert-OH is 2. The van der Waals surface area contributed by atoms with Crippen molar-refractivity contribution in [3.05, 3.63) is 46.4 Å². The van der Waals surface area contributed by atoms with Crippen LogP contribution < -0.4 is 5.32 Å². The highest BCUT2D eigenvalue weighted by Gasteiger charge is 2.22. The molecular weight excluding hydrogens is 359 g/mol. The third-order valence-corrected chi connectivity index (χ3v) is 5.00. The molecule has 0 aliphatic carbocycles. The van der Waals surface area contributed by atoms with Crippen molar-refractivity contribution in [3.63, 3.8) is 0 Å². The molecule has 4 N–H and O–H groups in total. The molecule has 1 heterocycles. The molecule has 0 aliphatic heterocycles. The van der Waals surface area contributed by atoms with Crippen LogP contribution in [0.15, 0.2) is 36.4 Å². The van der Waals surface area contributed by atoms with Crippen LogP contribution in [-0.2, 0) is 6.54 Å². The number of aliphatic hydroxyl groups is 2. The van der Waals surface area contributed by atoms with E-state index in [1.807, 2.05) is 55.6 Å². The Kier molecular flexibility index (Phi) is 5.28. The van der Waals surface area contributed by atoms with Gasteiger partial charge >= 0.3 is 0 Å². The van der Waals surface area contributed by atoms with Gasteiger partial charge in [0.25, 0.3) is 0 Å². The molecule has 0 fully saturated rings. The van der Waals surface area contributed by atoms with Crippen LogP contribution in [0.2, 0.25) is 10.0 Å². The van der Waals surface area contributed by atoms with E-state index in [0.29, 0.717) is 23.1 Å². The van der Waals surface area contributed by atoms with Gasteiger partial charge in [-0.05, 0) is 50.2 Å². The Morgan fingerprint density at radius 3 is 2.04 bits per heavy atom. The summed E-state index contributed by atoms with van der Waals surface area (Å²) in [5, 5.41) is 25.2. The number of fused-ring (bicyclic) bond motifs is 3. The quantitative estimate of drug-likeness (QED) is 0.614. The zero-order chi connectivity index (χ0) is 18.2. The Labute approximate surface area is 157 Å². The van der Waals surface area contributed by atoms with Crippen LogP contribution in [-0.4, -0.2) is 39.6 Å². The maximum atomic E-state index is 10.5. The minimum Gasteiger partial charge on any atom is -0.390 e. The molecule has 6 heteroatoms. The molecule has 0 amide bonds. The number of nitrogens with two attached hydrogens (primary N) is 1. The fraction of sp³-hybridized carbons (Fsp3) is 0.368. The number of nitrogens with zero attached hydrogens (tertiary/aromatic N) is 1. The van der Waals surface area contributed by atoms with Gasteiger partial charge in [-0.2, -0.15) is 0 Å². The van der Waals surface area contributed by atoms with E-state index in [1.54, 1.807) is 0 Å². The van der Waals surface area contributed by atoms with E-state index in [4.69, 9.17) is 23.2 Å². The Bertz CT molecular complexity index is 846. The van der Waals surface area contributed by atoms with E-state index in [9.17, 15) is 10.2 Å². The monoisotopic (exact) mass is 381 g/mol. The molecule has 0 saturated heterocycles. The fourth-order valence-corrected chi connectivity index (χ4v) is 3.39. The van der Waals surface area contributed by atoms with Crippen LogP contribution >= 0.6 is 23.2 Å². The van der Waals surface area contributed by atoms with Gasteiger partial charge in [-0.3, -0.25) is 0 Å². The summed E-state index contributed by atoms with van der Waals surface area (Å²) in [7, 11) is 0. The molecule has 134 valence electrons. The van der Waals surface area contributed by atoms with Crippen LogP contribution in [0.25, 0.3) is 21.8 Å². The molecule has 3 aromatic rings. The van der Waals surface area contributed by atoms with Crippen LogP contribution in [0.5, 0.6) is 0 Å². The number of halogens is 2. The summed E-state index contributed by atoms with van der Waals surface area (Å²) in [5.74, 6) is 0. The Morgan fingerprint density at radius 1 is 1.04 bits per heavy atom. The Morgan fingerprint density at radius 2 is 1.56 bits per heavy atom. The van der Waals surface area contributed by atoms with Crippen molar-refractivity contribution in [2.45, 2.75) is 32.0 Å². The van der Waals surface area contributed by atoms with Gasteiger partial charge in [0.15, 0.2) is 0 Å². The minimum atomic E-state index is -0.545. The van der Waals surface area contributed by atoms with Crippen molar-refractivity contribution >= 4 is 45.0 Å². The highest BCUT2D eigenvalue weighted by molar-refractivity contribution is 6.33. The number of benzene rings is 2. The topological polar surface area (TPSA) is 62.0 Å². The SMILES string of the molecule is CC(C)(CO)[NH2+]C[C@H](O)Cn1c2ccc(Cl)cc2c2cc(Cl)ccc21. The van der Waals surface area contributed by atoms with E-state index in [0.717, 1.165) is 21.8 Å². The molecule has 2 aromatic carbocycles. The lowest BCUT2D eigenvalue weighted by atomic mass is 10.1. The standard InChI is InChI=1S/C19H22Cl2N2O2/c1-19(2,11-24)22-9-14(25)10-23-17-5-3-12(20)7-15(17)16-8-13(21)4-6-18(16)23/h3-8,14,22,24-25H,9-11H2,1-2H3/p+1/t14-/m0/s1. The van der Waals surface area contributed by atoms with Gasteiger partial charge in [0, 0.05) is 31.9 Å². The first-order valence-electron chi connectivity index (χ1n) is 8.31. The summed E-state index contributed by atoms with van der Waals surface area (Å²) >= 11 is 12.3. The van der Waals surface area contributed by atoms with E-state index < -0.39 is 6.10 Å². The summed E-state index contributed by atoms with van der Waals surface area (Å²) in [6.45, 7) is 4.93. The van der Waals surface area contributed by atoms with Crippen LogP contribution in [0.1, 0.15) is 13.8 Å². The summed E-state index contributed by atoms with van der Waals surface area (Å²) in [4.78, 5) is 0. The molecule has 0 radical (unpaired) electrons. The van der Waals surface area contributed by atoms with Crippen LogP contribution in [0.3, 0.4) is 0 Å². The zero-order valence-corrected chi connectivity index (χ0v) is 15.8. The molecule has 4 nitrogen and oxygen atoms in total. The first-order chi connectivity index (χ1) is 11.8. The van der Waals surface area contributed by atoms with E-state index >= 15 is 0 Å². The molecule has 25 heavy (non-hydrogen) atoms. The second-order valence-corrected chi connectivity index (χ2v) is 8.05. The lowest BCUT2D eigenvalue weighted by Crippen LogP contribution is -2.97. The molecule has 0 aliphatic rings. The third-order valence-electron chi connectivity index (χ3n) is 4.53. The second-order valence-electron chi connectivity index (χ2n) is 7.17. The predicted octanol–water partition coefficient (Wildman–Crippen LogP) is 2.80. The van der Waals surface area contributed by atoms with Crippen LogP contribution in [0, 0.1) is 0 Å². The van der Waals surface area contributed by atoms with Crippen molar-refractivity contribution in [3.8, 4) is 0 Å². The number of aromatic nitrogens is 1. The first kappa shape index (κ1) is 18.5. The largest absolute Gasteiger partial charge is 0.390 e. The second kappa shape index (κ2) is 7.14. The van der Waals surface area contributed by atoms with Gasteiger partial charge in [0.2, 0.25) is 0 Å². The number of hydrogen-bond acceptors (Lipinski definition) is 2. The number of rotatable bonds is 6. The molecule has 0 unspecified atom stereocenters. The third kappa shape index (κ3) is 3.94. The van der Waals surface area contributed by atoms with Gasteiger partial charge in [-0.1, -0.05) is 23.2 Å². The average molecular weight is 382 g/mol. The van der Waals surface area contributed by atoms with Crippen molar-refractivity contribution in [2.24, 2.45) is 0 Å². The van der Waals surface area contributed by atoms with Crippen LogP contribution in [0.4, 0.5) is 0 Å². The lowest BCUT2D eigenvalue weighted by Gasteiger charge is -2.22. The van der Waals surface area contributed by atoms with E-state index in [-0.39, 0.29) is 12.1 Å². The normalized spacial score (nSPS) is 13.7. The number of quaternary nitrogens is 1. The lowest BCUT2D eigenvalue weighted by molar-refractivity contribution is -0.727. The summed E-state index contributed by atoms with van der Waals surface area (Å²) in [6.07, 6.45) is -0.545. The van der Waals surface area contributed by atoms with Crippen molar-refractivity contribution in [2.75, 3.05) is 13.2 Å². The van der Waals surface area contributed by atoms with Crippen molar-refractivity contribution < 1.29 is 15.5 Å². The van der Waals surface area contributed by atoms with Crippen molar-refractivity contribution in [1.29, 1.82) is 0 Å². The van der Waals surface area contributed by atoms with Gasteiger partial charge in [0.1, 0.15) is 18.2 Å². The highest BCUT2D eigenvalue weighted by atomic mass is 35.5. The molecule has 1 aromatic heterocycles. The summed E-state index contributed by atoms with van der Waals surface area (Å²) in [6, 6.07) is 11.5. The predicted molar refractivity (Wildman–Crippen MR) is 103 cm³/mol. The van der Waals surface area contributed by atoms with Gasteiger partial charge in [-0.25, -0.2) is 0 Å². The minimum absolute atomic E-state index is 0.0616. The Hall–Kier alpha value is -1.30. The molecule has 3 rings (SSSR count). The van der Waals surface area contributed by atoms with Gasteiger partial charge in [0.05, 0.1) is 13.2 Å². The smallest absolute Gasteiger partial charge is 0.121 e. The number of hydrogen-bond donors (Lipinski definition) is 3. The molecule has 0 spiro atoms. The highest BCUT2D eigenvalue weighted by Crippen LogP contribution is 2.32. The molecule has 0 bridgehead atoms. The first-order valence-corrected chi connectivity index (χ1v) is 9.06. The molecule has 1 atom stereocenters. The maximum Gasteiger partial charge on any atom is 0.121 e. The van der Waals surface area contributed by atoms with E-state index in [2.05, 4.69) is 4.57 Å². The molecule has 0 saturated carbocycles. The van der Waals surface area contributed by atoms with Crippen molar-refractivity contribution in [1.82, 2.24) is 4.57 Å². The fourth-order valence-electron chi connectivity index (χ4n) is 3.05. The van der Waals surface area contributed by atoms with E-state index in [1.165, 1.54) is 0 Å². The summed E-state index contributed by atoms with van der Waals surface area (Å²) in [5.41, 5.74) is 1.73. The average Bonchev–Trinajstić information content (AvgIpc) is 2.86. The molecular formula is C19H23Cl2N2O2+. The maximum absolute atomic E-state index is 10.5. The van der Waals surface area contributed by atoms with Gasteiger partial charge in [-0.15, -0.1) is 0 Å². The Balaban J connectivity index is 1.97. The van der Waals surface area contributed by atoms with Gasteiger partial charge < -0.3 is 20.1 Å².